The molecule has 1 saturated heterocycles. The van der Waals surface area contributed by atoms with Crippen LogP contribution in [0.4, 0.5) is 5.69 Å². The number of nitrogens with zero attached hydrogens (tertiary/aromatic N) is 1. The molecule has 0 aliphatic carbocycles. The van der Waals surface area contributed by atoms with Crippen LogP contribution in [0.5, 0.6) is 0 Å². The minimum absolute atomic E-state index is 0.112. The van der Waals surface area contributed by atoms with Gasteiger partial charge in [-0.05, 0) is 54.0 Å². The number of rotatable bonds is 2. The van der Waals surface area contributed by atoms with Gasteiger partial charge in [-0.2, -0.15) is 0 Å². The highest BCUT2D eigenvalue weighted by atomic mass is 79.9. The molecule has 1 aliphatic rings. The van der Waals surface area contributed by atoms with Crippen molar-refractivity contribution in [3.63, 3.8) is 0 Å². The smallest absolute Gasteiger partial charge is 0.228 e. The Kier molecular flexibility index (Phi) is 4.23. The van der Waals surface area contributed by atoms with E-state index >= 15 is 0 Å². The number of hydrogen-bond donors (Lipinski definition) is 1. The third-order valence-electron chi connectivity index (χ3n) is 3.13. The summed E-state index contributed by atoms with van der Waals surface area (Å²) in [6.45, 7) is 1.95. The van der Waals surface area contributed by atoms with Gasteiger partial charge >= 0.3 is 0 Å². The maximum atomic E-state index is 12.1. The Hall–Kier alpha value is -0.805. The van der Waals surface area contributed by atoms with Gasteiger partial charge in [0.15, 0.2) is 7.98 Å². The molecule has 0 aromatic heterocycles. The van der Waals surface area contributed by atoms with Gasteiger partial charge in [0.2, 0.25) is 5.91 Å². The third kappa shape index (κ3) is 3.33. The molecular formula is C12H16BBrN2O. The van der Waals surface area contributed by atoms with E-state index in [1.54, 1.807) is 0 Å². The molecule has 1 unspecified atom stereocenters. The second kappa shape index (κ2) is 5.69. The summed E-state index contributed by atoms with van der Waals surface area (Å²) in [6, 6.07) is 7.71. The molecule has 1 amide bonds. The highest BCUT2D eigenvalue weighted by Crippen LogP contribution is 2.23. The number of amides is 1. The fourth-order valence-corrected chi connectivity index (χ4v) is 2.56. The summed E-state index contributed by atoms with van der Waals surface area (Å²) in [6.07, 6.45) is 2.09. The lowest BCUT2D eigenvalue weighted by Crippen LogP contribution is -2.39. The maximum Gasteiger partial charge on any atom is 0.228 e. The number of carbonyl (C=O) groups excluding carboxylic acids is 1. The SMILES string of the molecule is BN1CCCC(C(=O)Nc2ccccc2Br)C1. The van der Waals surface area contributed by atoms with Crippen LogP contribution in [-0.4, -0.2) is 31.8 Å². The van der Waals surface area contributed by atoms with E-state index in [9.17, 15) is 4.79 Å². The quantitative estimate of drug-likeness (QED) is 0.841. The molecule has 1 aromatic carbocycles. The summed E-state index contributed by atoms with van der Waals surface area (Å²) >= 11 is 3.44. The average Bonchev–Trinajstić information content (AvgIpc) is 2.32. The number of benzene rings is 1. The number of halogens is 1. The summed E-state index contributed by atoms with van der Waals surface area (Å²) < 4.78 is 0.928. The van der Waals surface area contributed by atoms with Crippen molar-refractivity contribution in [2.75, 3.05) is 18.4 Å². The van der Waals surface area contributed by atoms with Crippen LogP contribution in [0, 0.1) is 5.92 Å². The zero-order valence-electron chi connectivity index (χ0n) is 9.95. The van der Waals surface area contributed by atoms with E-state index in [4.69, 9.17) is 0 Å². The zero-order chi connectivity index (χ0) is 12.3. The largest absolute Gasteiger partial charge is 0.348 e. The van der Waals surface area contributed by atoms with Crippen molar-refractivity contribution >= 4 is 35.5 Å². The van der Waals surface area contributed by atoms with E-state index in [0.717, 1.165) is 36.1 Å². The molecule has 17 heavy (non-hydrogen) atoms. The van der Waals surface area contributed by atoms with Gasteiger partial charge in [-0.25, -0.2) is 0 Å². The van der Waals surface area contributed by atoms with Crippen molar-refractivity contribution < 1.29 is 4.79 Å². The van der Waals surface area contributed by atoms with Crippen LogP contribution in [0.2, 0.25) is 0 Å². The predicted molar refractivity (Wildman–Crippen MR) is 75.6 cm³/mol. The lowest BCUT2D eigenvalue weighted by atomic mass is 9.95. The number of para-hydroxylation sites is 1. The van der Waals surface area contributed by atoms with Gasteiger partial charge in [0.05, 0.1) is 5.69 Å². The molecule has 1 heterocycles. The number of piperidine rings is 1. The normalized spacial score (nSPS) is 21.1. The first-order valence-electron chi connectivity index (χ1n) is 5.91. The number of hydrogen-bond acceptors (Lipinski definition) is 2. The fourth-order valence-electron chi connectivity index (χ4n) is 2.18. The van der Waals surface area contributed by atoms with Crippen molar-refractivity contribution in [3.05, 3.63) is 28.7 Å². The van der Waals surface area contributed by atoms with Crippen molar-refractivity contribution in [1.82, 2.24) is 4.81 Å². The summed E-state index contributed by atoms with van der Waals surface area (Å²) in [4.78, 5) is 14.3. The van der Waals surface area contributed by atoms with Crippen molar-refractivity contribution in [2.45, 2.75) is 12.8 Å². The zero-order valence-corrected chi connectivity index (χ0v) is 11.5. The van der Waals surface area contributed by atoms with Crippen LogP contribution in [0.25, 0.3) is 0 Å². The Balaban J connectivity index is 1.99. The van der Waals surface area contributed by atoms with E-state index in [-0.39, 0.29) is 11.8 Å². The van der Waals surface area contributed by atoms with Crippen LogP contribution >= 0.6 is 15.9 Å². The Labute approximate surface area is 111 Å². The van der Waals surface area contributed by atoms with Crippen LogP contribution in [0.1, 0.15) is 12.8 Å². The van der Waals surface area contributed by atoms with Gasteiger partial charge in [-0.3, -0.25) is 4.79 Å². The number of anilines is 1. The molecule has 2 rings (SSSR count). The third-order valence-corrected chi connectivity index (χ3v) is 3.82. The fraction of sp³-hybridized carbons (Fsp3) is 0.417. The van der Waals surface area contributed by atoms with E-state index < -0.39 is 0 Å². The van der Waals surface area contributed by atoms with Gasteiger partial charge in [0.25, 0.3) is 0 Å². The van der Waals surface area contributed by atoms with Gasteiger partial charge in [-0.1, -0.05) is 12.1 Å². The first kappa shape index (κ1) is 12.6. The first-order chi connectivity index (χ1) is 8.16. The molecular weight excluding hydrogens is 279 g/mol. The van der Waals surface area contributed by atoms with E-state index in [1.165, 1.54) is 0 Å². The molecule has 0 saturated carbocycles. The molecule has 1 fully saturated rings. The maximum absolute atomic E-state index is 12.1. The van der Waals surface area contributed by atoms with Crippen molar-refractivity contribution in [3.8, 4) is 0 Å². The lowest BCUT2D eigenvalue weighted by Gasteiger charge is -2.29. The Bertz CT molecular complexity index is 413. The predicted octanol–water partition coefficient (Wildman–Crippen LogP) is 1.65. The van der Waals surface area contributed by atoms with Crippen LogP contribution in [-0.2, 0) is 4.79 Å². The minimum atomic E-state index is 0.112. The molecule has 0 radical (unpaired) electrons. The summed E-state index contributed by atoms with van der Waals surface area (Å²) in [5.74, 6) is 0.240. The molecule has 90 valence electrons. The summed E-state index contributed by atoms with van der Waals surface area (Å²) in [7, 11) is 2.07. The van der Waals surface area contributed by atoms with Crippen LogP contribution < -0.4 is 5.32 Å². The van der Waals surface area contributed by atoms with Crippen LogP contribution in [0.3, 0.4) is 0 Å². The molecule has 1 atom stereocenters. The summed E-state index contributed by atoms with van der Waals surface area (Å²) in [5, 5.41) is 2.99. The van der Waals surface area contributed by atoms with Crippen LogP contribution in [0.15, 0.2) is 28.7 Å². The molecule has 0 spiro atoms. The van der Waals surface area contributed by atoms with E-state index in [1.807, 2.05) is 24.3 Å². The first-order valence-corrected chi connectivity index (χ1v) is 6.70. The monoisotopic (exact) mass is 294 g/mol. The molecule has 5 heteroatoms. The Morgan fingerprint density at radius 3 is 2.94 bits per heavy atom. The average molecular weight is 295 g/mol. The minimum Gasteiger partial charge on any atom is -0.348 e. The van der Waals surface area contributed by atoms with E-state index in [2.05, 4.69) is 34.0 Å². The van der Waals surface area contributed by atoms with Crippen molar-refractivity contribution in [2.24, 2.45) is 5.92 Å². The number of carbonyl (C=O) groups is 1. The second-order valence-electron chi connectivity index (χ2n) is 4.57. The van der Waals surface area contributed by atoms with Gasteiger partial charge in [-0.15, -0.1) is 0 Å². The Morgan fingerprint density at radius 2 is 2.24 bits per heavy atom. The van der Waals surface area contributed by atoms with Gasteiger partial charge in [0.1, 0.15) is 0 Å². The van der Waals surface area contributed by atoms with Gasteiger partial charge < -0.3 is 10.1 Å². The molecule has 1 aliphatic heterocycles. The van der Waals surface area contributed by atoms with Gasteiger partial charge in [0, 0.05) is 10.4 Å². The highest BCUT2D eigenvalue weighted by molar-refractivity contribution is 9.10. The topological polar surface area (TPSA) is 32.3 Å². The molecule has 1 aromatic rings. The second-order valence-corrected chi connectivity index (χ2v) is 5.42. The molecule has 0 bridgehead atoms. The molecule has 1 N–H and O–H groups in total. The molecule has 3 nitrogen and oxygen atoms in total. The van der Waals surface area contributed by atoms with Crippen molar-refractivity contribution in [1.29, 1.82) is 0 Å². The summed E-state index contributed by atoms with van der Waals surface area (Å²) in [5.41, 5.74) is 0.853. The number of nitrogens with one attached hydrogen (secondary N) is 1. The lowest BCUT2D eigenvalue weighted by molar-refractivity contribution is -0.120. The standard InChI is InChI=1S/C12H16BBrN2O/c13-16-7-3-4-9(8-16)12(17)15-11-6-2-1-5-10(11)14/h1-2,5-6,9H,3-4,7-8,13H2,(H,15,17). The van der Waals surface area contributed by atoms with E-state index in [0.29, 0.717) is 0 Å². The highest BCUT2D eigenvalue weighted by Gasteiger charge is 2.23. The Morgan fingerprint density at radius 1 is 1.47 bits per heavy atom.